The first-order valence-electron chi connectivity index (χ1n) is 12.7. The van der Waals surface area contributed by atoms with Gasteiger partial charge in [-0.05, 0) is 94.4 Å². The second kappa shape index (κ2) is 7.84. The van der Waals surface area contributed by atoms with E-state index in [0.29, 0.717) is 37.0 Å². The lowest BCUT2D eigenvalue weighted by Gasteiger charge is -2.46. The molecular weight excluding hydrogens is 402 g/mol. The fourth-order valence-electron chi connectivity index (χ4n) is 7.05. The third-order valence-corrected chi connectivity index (χ3v) is 8.75. The lowest BCUT2D eigenvalue weighted by Crippen LogP contribution is -2.62. The average Bonchev–Trinajstić information content (AvgIpc) is 3.56. The van der Waals surface area contributed by atoms with E-state index < -0.39 is 5.54 Å². The van der Waals surface area contributed by atoms with Crippen molar-refractivity contribution in [2.24, 2.45) is 11.8 Å². The Kier molecular flexibility index (Phi) is 5.06. The van der Waals surface area contributed by atoms with Gasteiger partial charge in [-0.1, -0.05) is 12.1 Å². The van der Waals surface area contributed by atoms with E-state index in [2.05, 4.69) is 17.4 Å². The zero-order valence-corrected chi connectivity index (χ0v) is 19.1. The van der Waals surface area contributed by atoms with Crippen LogP contribution in [0.15, 0.2) is 24.3 Å². The van der Waals surface area contributed by atoms with Gasteiger partial charge >= 0.3 is 6.03 Å². The third kappa shape index (κ3) is 3.21. The van der Waals surface area contributed by atoms with E-state index in [1.165, 1.54) is 36.1 Å². The summed E-state index contributed by atoms with van der Waals surface area (Å²) < 4.78 is 6.06. The highest BCUT2D eigenvalue weighted by molar-refractivity contribution is 6.23. The number of hydrogen-bond acceptors (Lipinski definition) is 4. The topological polar surface area (TPSA) is 61.9 Å². The van der Waals surface area contributed by atoms with Crippen molar-refractivity contribution in [2.45, 2.75) is 82.0 Å². The van der Waals surface area contributed by atoms with Gasteiger partial charge in [0.1, 0.15) is 5.54 Å². The van der Waals surface area contributed by atoms with E-state index in [9.17, 15) is 9.59 Å². The Balaban J connectivity index is 1.29. The van der Waals surface area contributed by atoms with Crippen LogP contribution in [-0.2, 0) is 9.53 Å². The van der Waals surface area contributed by atoms with Crippen LogP contribution < -0.4 is 10.2 Å². The highest BCUT2D eigenvalue weighted by atomic mass is 16.5. The van der Waals surface area contributed by atoms with Crippen LogP contribution in [0.5, 0.6) is 0 Å². The molecule has 1 N–H and O–H groups in total. The van der Waals surface area contributed by atoms with Crippen LogP contribution in [0.1, 0.15) is 69.8 Å². The summed E-state index contributed by atoms with van der Waals surface area (Å²) in [7, 11) is 0. The molecule has 4 unspecified atom stereocenters. The molecule has 2 bridgehead atoms. The summed E-state index contributed by atoms with van der Waals surface area (Å²) >= 11 is 0. The van der Waals surface area contributed by atoms with Gasteiger partial charge in [-0.2, -0.15) is 0 Å². The number of carbonyl (C=O) groups excluding carboxylic acids is 2. The highest BCUT2D eigenvalue weighted by Gasteiger charge is 2.61. The van der Waals surface area contributed by atoms with Gasteiger partial charge in [-0.15, -0.1) is 0 Å². The van der Waals surface area contributed by atoms with Crippen LogP contribution in [0.2, 0.25) is 0 Å². The largest absolute Gasteiger partial charge is 0.375 e. The number of nitrogens with one attached hydrogen (secondary N) is 1. The van der Waals surface area contributed by atoms with E-state index in [1.807, 2.05) is 24.0 Å². The number of fused-ring (bicyclic) bond motifs is 2. The molecule has 1 aromatic rings. The van der Waals surface area contributed by atoms with Crippen LogP contribution in [0.25, 0.3) is 0 Å². The first kappa shape index (κ1) is 20.7. The lowest BCUT2D eigenvalue weighted by atomic mass is 9.71. The molecule has 4 saturated heterocycles. The van der Waals surface area contributed by atoms with Crippen molar-refractivity contribution in [3.05, 3.63) is 29.8 Å². The third-order valence-electron chi connectivity index (χ3n) is 8.75. The van der Waals surface area contributed by atoms with Crippen molar-refractivity contribution < 1.29 is 14.3 Å². The molecule has 5 aliphatic rings. The molecule has 3 amide bonds. The number of carbonyl (C=O) groups is 2. The van der Waals surface area contributed by atoms with Crippen LogP contribution in [0, 0.1) is 11.8 Å². The molecule has 6 heteroatoms. The van der Waals surface area contributed by atoms with Crippen LogP contribution in [0.3, 0.4) is 0 Å². The number of amides is 3. The summed E-state index contributed by atoms with van der Waals surface area (Å²) in [4.78, 5) is 31.1. The molecule has 0 aromatic heterocycles. The van der Waals surface area contributed by atoms with Crippen molar-refractivity contribution in [2.75, 3.05) is 24.5 Å². The van der Waals surface area contributed by atoms with Gasteiger partial charge in [0.25, 0.3) is 5.91 Å². The van der Waals surface area contributed by atoms with Gasteiger partial charge in [0.15, 0.2) is 0 Å². The van der Waals surface area contributed by atoms with Gasteiger partial charge in [0.2, 0.25) is 0 Å². The molecular formula is C26H35N3O3. The minimum atomic E-state index is -0.719. The van der Waals surface area contributed by atoms with Crippen LogP contribution in [-0.4, -0.2) is 54.2 Å². The summed E-state index contributed by atoms with van der Waals surface area (Å²) in [5, 5.41) is 3.54. The molecule has 4 atom stereocenters. The molecule has 6 nitrogen and oxygen atoms in total. The molecule has 1 saturated carbocycles. The molecule has 0 radical (unpaired) electrons. The summed E-state index contributed by atoms with van der Waals surface area (Å²) in [5.41, 5.74) is 1.33. The number of nitrogens with zero attached hydrogens (tertiary/aromatic N) is 2. The SMILES string of the molecule is CCN1C(=O)N(c2ccc(C3CC3)cc2)C(=O)C12CCNCC2CC1CC2CCC(C1)O2. The quantitative estimate of drug-likeness (QED) is 0.706. The first-order valence-corrected chi connectivity index (χ1v) is 12.7. The molecule has 1 aromatic carbocycles. The Morgan fingerprint density at radius 1 is 1.06 bits per heavy atom. The number of hydrogen-bond donors (Lipinski definition) is 1. The summed E-state index contributed by atoms with van der Waals surface area (Å²) in [6.45, 7) is 4.16. The molecule has 4 aliphatic heterocycles. The molecule has 1 aliphatic carbocycles. The van der Waals surface area contributed by atoms with Crippen molar-refractivity contribution in [1.82, 2.24) is 10.2 Å². The van der Waals surface area contributed by atoms with E-state index in [4.69, 9.17) is 4.74 Å². The second-order valence-corrected chi connectivity index (χ2v) is 10.6. The minimum Gasteiger partial charge on any atom is -0.375 e. The summed E-state index contributed by atoms with van der Waals surface area (Å²) in [5.74, 6) is 1.38. The maximum Gasteiger partial charge on any atom is 0.332 e. The molecule has 172 valence electrons. The minimum absolute atomic E-state index is 0.00921. The van der Waals surface area contributed by atoms with Gasteiger partial charge in [0, 0.05) is 19.0 Å². The smallest absolute Gasteiger partial charge is 0.332 e. The normalized spacial score (nSPS) is 37.0. The standard InChI is InChI=1S/C26H35N3O3/c1-2-28-25(31)29(21-7-5-19(6-8-21)18-3-4-18)24(30)26(28)11-12-27-16-20(26)13-17-14-22-9-10-23(15-17)32-22/h5-8,17-18,20,22-23,27H,2-4,9-16H2,1H3. The Labute approximate surface area is 190 Å². The van der Waals surface area contributed by atoms with Crippen molar-refractivity contribution in [3.63, 3.8) is 0 Å². The molecule has 4 heterocycles. The van der Waals surface area contributed by atoms with Crippen LogP contribution >= 0.6 is 0 Å². The van der Waals surface area contributed by atoms with E-state index in [1.54, 1.807) is 0 Å². The number of benzene rings is 1. The van der Waals surface area contributed by atoms with Gasteiger partial charge in [-0.25, -0.2) is 9.69 Å². The van der Waals surface area contributed by atoms with Crippen molar-refractivity contribution in [1.29, 1.82) is 0 Å². The monoisotopic (exact) mass is 437 g/mol. The number of imide groups is 1. The predicted octanol–water partition coefficient (Wildman–Crippen LogP) is 4.05. The molecule has 32 heavy (non-hydrogen) atoms. The fourth-order valence-corrected chi connectivity index (χ4v) is 7.05. The van der Waals surface area contributed by atoms with E-state index in [0.717, 1.165) is 38.0 Å². The van der Waals surface area contributed by atoms with E-state index in [-0.39, 0.29) is 17.9 Å². The van der Waals surface area contributed by atoms with Gasteiger partial charge in [-0.3, -0.25) is 4.79 Å². The van der Waals surface area contributed by atoms with Gasteiger partial charge < -0.3 is 15.0 Å². The number of likely N-dealkylation sites (N-methyl/N-ethyl adjacent to an activating group) is 1. The lowest BCUT2D eigenvalue weighted by molar-refractivity contribution is -0.130. The number of piperidine rings is 1. The number of anilines is 1. The van der Waals surface area contributed by atoms with Crippen molar-refractivity contribution >= 4 is 17.6 Å². The molecule has 5 fully saturated rings. The zero-order chi connectivity index (χ0) is 21.9. The maximum absolute atomic E-state index is 14.1. The zero-order valence-electron chi connectivity index (χ0n) is 19.1. The first-order chi connectivity index (χ1) is 15.6. The van der Waals surface area contributed by atoms with E-state index >= 15 is 0 Å². The van der Waals surface area contributed by atoms with Gasteiger partial charge in [0.05, 0.1) is 17.9 Å². The maximum atomic E-state index is 14.1. The molecule has 1 spiro atoms. The Morgan fingerprint density at radius 3 is 2.44 bits per heavy atom. The number of rotatable bonds is 5. The van der Waals surface area contributed by atoms with Crippen molar-refractivity contribution in [3.8, 4) is 0 Å². The number of ether oxygens (including phenoxy) is 1. The predicted molar refractivity (Wildman–Crippen MR) is 123 cm³/mol. The Bertz CT molecular complexity index is 886. The molecule has 6 rings (SSSR count). The Hall–Kier alpha value is -1.92. The highest BCUT2D eigenvalue weighted by Crippen LogP contribution is 2.47. The summed E-state index contributed by atoms with van der Waals surface area (Å²) in [6.07, 6.45) is 9.54. The van der Waals surface area contributed by atoms with Crippen LogP contribution in [0.4, 0.5) is 10.5 Å². The Morgan fingerprint density at radius 2 is 1.78 bits per heavy atom. The summed E-state index contributed by atoms with van der Waals surface area (Å²) in [6, 6.07) is 8.01. The fraction of sp³-hybridized carbons (Fsp3) is 0.692. The number of urea groups is 1. The second-order valence-electron chi connectivity index (χ2n) is 10.6. The average molecular weight is 438 g/mol.